The van der Waals surface area contributed by atoms with Crippen molar-refractivity contribution in [2.24, 2.45) is 0 Å². The molecule has 9 heteroatoms. The number of sulfonamides is 1. The summed E-state index contributed by atoms with van der Waals surface area (Å²) in [6.07, 6.45) is 3.06. The van der Waals surface area contributed by atoms with Crippen LogP contribution in [0.15, 0.2) is 59.8 Å². The third kappa shape index (κ3) is 4.28. The van der Waals surface area contributed by atoms with Gasteiger partial charge in [0.2, 0.25) is 10.0 Å². The summed E-state index contributed by atoms with van der Waals surface area (Å²) >= 11 is 7.28. The van der Waals surface area contributed by atoms with Crippen LogP contribution in [-0.2, 0) is 14.8 Å². The number of ether oxygens (including phenoxy) is 1. The molecule has 0 amide bonds. The number of methoxy groups -OCH3 is 1. The van der Waals surface area contributed by atoms with Gasteiger partial charge in [0.25, 0.3) is 0 Å². The third-order valence-electron chi connectivity index (χ3n) is 3.57. The SMILES string of the molecule is COC(CNS(=O)(=O)c1ccc(-n2cccn2)cc1)c1ccc(Cl)s1. The van der Waals surface area contributed by atoms with Gasteiger partial charge in [0, 0.05) is 30.9 Å². The number of nitrogens with zero attached hydrogens (tertiary/aromatic N) is 2. The molecule has 6 nitrogen and oxygen atoms in total. The number of aromatic nitrogens is 2. The number of halogens is 1. The van der Waals surface area contributed by atoms with Gasteiger partial charge in [-0.2, -0.15) is 5.10 Å². The van der Waals surface area contributed by atoms with Crippen molar-refractivity contribution in [3.63, 3.8) is 0 Å². The Kier molecular flexibility index (Phi) is 5.55. The minimum atomic E-state index is -3.64. The molecule has 1 aromatic carbocycles. The van der Waals surface area contributed by atoms with Crippen molar-refractivity contribution in [2.75, 3.05) is 13.7 Å². The monoisotopic (exact) mass is 397 g/mol. The van der Waals surface area contributed by atoms with Gasteiger partial charge in [0.05, 0.1) is 14.9 Å². The predicted octanol–water partition coefficient (Wildman–Crippen LogP) is 3.25. The van der Waals surface area contributed by atoms with Crippen LogP contribution in [-0.4, -0.2) is 31.9 Å². The highest BCUT2D eigenvalue weighted by Gasteiger charge is 2.19. The molecule has 0 saturated carbocycles. The summed E-state index contributed by atoms with van der Waals surface area (Å²) in [6, 6.07) is 11.9. The van der Waals surface area contributed by atoms with Crippen molar-refractivity contribution in [3.8, 4) is 5.69 Å². The van der Waals surface area contributed by atoms with Gasteiger partial charge in [0.1, 0.15) is 6.10 Å². The van der Waals surface area contributed by atoms with Gasteiger partial charge < -0.3 is 4.74 Å². The molecule has 0 fully saturated rings. The molecular weight excluding hydrogens is 382 g/mol. The van der Waals surface area contributed by atoms with Crippen molar-refractivity contribution in [1.82, 2.24) is 14.5 Å². The molecule has 0 bridgehead atoms. The van der Waals surface area contributed by atoms with E-state index in [0.717, 1.165) is 10.6 Å². The summed E-state index contributed by atoms with van der Waals surface area (Å²) in [5, 5.41) is 4.11. The number of hydrogen-bond donors (Lipinski definition) is 1. The first-order valence-corrected chi connectivity index (χ1v) is 10.0. The molecule has 132 valence electrons. The van der Waals surface area contributed by atoms with E-state index in [0.29, 0.717) is 4.34 Å². The zero-order valence-electron chi connectivity index (χ0n) is 13.3. The maximum absolute atomic E-state index is 12.5. The van der Waals surface area contributed by atoms with Crippen molar-refractivity contribution in [1.29, 1.82) is 0 Å². The molecule has 1 atom stereocenters. The van der Waals surface area contributed by atoms with Gasteiger partial charge in [-0.25, -0.2) is 17.8 Å². The van der Waals surface area contributed by atoms with E-state index in [4.69, 9.17) is 16.3 Å². The predicted molar refractivity (Wildman–Crippen MR) is 97.8 cm³/mol. The molecule has 0 aliphatic rings. The summed E-state index contributed by atoms with van der Waals surface area (Å²) in [5.74, 6) is 0. The summed E-state index contributed by atoms with van der Waals surface area (Å²) in [6.45, 7) is 0.122. The lowest BCUT2D eigenvalue weighted by Gasteiger charge is -2.15. The first kappa shape index (κ1) is 18.1. The van der Waals surface area contributed by atoms with Gasteiger partial charge in [-0.15, -0.1) is 11.3 Å². The van der Waals surface area contributed by atoms with E-state index in [1.807, 2.05) is 6.07 Å². The second kappa shape index (κ2) is 7.67. The number of benzene rings is 1. The van der Waals surface area contributed by atoms with Crippen LogP contribution in [0.3, 0.4) is 0 Å². The Balaban J connectivity index is 1.71. The van der Waals surface area contributed by atoms with Crippen LogP contribution in [0.4, 0.5) is 0 Å². The van der Waals surface area contributed by atoms with Crippen LogP contribution in [0.2, 0.25) is 4.34 Å². The van der Waals surface area contributed by atoms with Crippen molar-refractivity contribution >= 4 is 33.0 Å². The van der Waals surface area contributed by atoms with E-state index >= 15 is 0 Å². The Morgan fingerprint density at radius 2 is 2.04 bits per heavy atom. The van der Waals surface area contributed by atoms with Gasteiger partial charge in [-0.3, -0.25) is 0 Å². The highest BCUT2D eigenvalue weighted by atomic mass is 35.5. The lowest BCUT2D eigenvalue weighted by atomic mass is 10.3. The highest BCUT2D eigenvalue weighted by molar-refractivity contribution is 7.89. The van der Waals surface area contributed by atoms with E-state index in [2.05, 4.69) is 9.82 Å². The van der Waals surface area contributed by atoms with Crippen LogP contribution in [0.1, 0.15) is 11.0 Å². The first-order chi connectivity index (χ1) is 12.0. The largest absolute Gasteiger partial charge is 0.375 e. The fraction of sp³-hybridized carbons (Fsp3) is 0.188. The minimum Gasteiger partial charge on any atom is -0.375 e. The minimum absolute atomic E-state index is 0.122. The Bertz CT molecular complexity index is 922. The fourth-order valence-electron chi connectivity index (χ4n) is 2.27. The third-order valence-corrected chi connectivity index (χ3v) is 6.33. The number of hydrogen-bond acceptors (Lipinski definition) is 5. The van der Waals surface area contributed by atoms with E-state index in [1.165, 1.54) is 18.4 Å². The molecule has 1 N–H and O–H groups in total. The Morgan fingerprint density at radius 1 is 1.28 bits per heavy atom. The smallest absolute Gasteiger partial charge is 0.240 e. The fourth-order valence-corrected chi connectivity index (χ4v) is 4.44. The molecule has 3 rings (SSSR count). The summed E-state index contributed by atoms with van der Waals surface area (Å²) in [5.41, 5.74) is 0.784. The molecule has 25 heavy (non-hydrogen) atoms. The van der Waals surface area contributed by atoms with Gasteiger partial charge in [-0.05, 0) is 42.5 Å². The molecule has 0 aliphatic carbocycles. The Hall–Kier alpha value is -1.71. The van der Waals surface area contributed by atoms with Crippen molar-refractivity contribution in [2.45, 2.75) is 11.0 Å². The van der Waals surface area contributed by atoms with Crippen LogP contribution < -0.4 is 4.72 Å². The van der Waals surface area contributed by atoms with E-state index in [-0.39, 0.29) is 11.4 Å². The van der Waals surface area contributed by atoms with Crippen LogP contribution in [0.5, 0.6) is 0 Å². The first-order valence-electron chi connectivity index (χ1n) is 7.37. The Labute approximate surface area is 155 Å². The normalized spacial score (nSPS) is 13.0. The van der Waals surface area contributed by atoms with E-state index in [9.17, 15) is 8.42 Å². The van der Waals surface area contributed by atoms with Crippen molar-refractivity contribution in [3.05, 3.63) is 64.1 Å². The lowest BCUT2D eigenvalue weighted by Crippen LogP contribution is -2.29. The number of thiophene rings is 1. The van der Waals surface area contributed by atoms with Crippen LogP contribution in [0.25, 0.3) is 5.69 Å². The summed E-state index contributed by atoms with van der Waals surface area (Å²) in [4.78, 5) is 1.05. The number of nitrogens with one attached hydrogen (secondary N) is 1. The van der Waals surface area contributed by atoms with Crippen LogP contribution >= 0.6 is 22.9 Å². The van der Waals surface area contributed by atoms with Crippen molar-refractivity contribution < 1.29 is 13.2 Å². The molecule has 0 radical (unpaired) electrons. The summed E-state index contributed by atoms with van der Waals surface area (Å²) in [7, 11) is -2.11. The highest BCUT2D eigenvalue weighted by Crippen LogP contribution is 2.28. The molecule has 0 spiro atoms. The molecule has 0 saturated heterocycles. The van der Waals surface area contributed by atoms with Gasteiger partial charge in [0.15, 0.2) is 0 Å². The molecular formula is C16H16ClN3O3S2. The average molecular weight is 398 g/mol. The second-order valence-electron chi connectivity index (χ2n) is 5.16. The topological polar surface area (TPSA) is 73.2 Å². The zero-order valence-corrected chi connectivity index (χ0v) is 15.7. The van der Waals surface area contributed by atoms with E-state index in [1.54, 1.807) is 53.5 Å². The number of rotatable bonds is 7. The molecule has 2 heterocycles. The Morgan fingerprint density at radius 3 is 2.60 bits per heavy atom. The molecule has 0 aliphatic heterocycles. The summed E-state index contributed by atoms with van der Waals surface area (Å²) < 4.78 is 35.2. The molecule has 2 aromatic heterocycles. The van der Waals surface area contributed by atoms with E-state index < -0.39 is 16.1 Å². The lowest BCUT2D eigenvalue weighted by molar-refractivity contribution is 0.110. The molecule has 3 aromatic rings. The maximum atomic E-state index is 12.5. The van der Waals surface area contributed by atoms with Gasteiger partial charge in [-0.1, -0.05) is 11.6 Å². The van der Waals surface area contributed by atoms with Crippen LogP contribution in [0, 0.1) is 0 Å². The average Bonchev–Trinajstić information content (AvgIpc) is 3.27. The maximum Gasteiger partial charge on any atom is 0.240 e. The quantitative estimate of drug-likeness (QED) is 0.664. The standard InChI is InChI=1S/C16H16ClN3O3S2/c1-23-14(15-7-8-16(17)24-15)11-19-25(21,22)13-5-3-12(4-6-13)20-10-2-9-18-20/h2-10,14,19H,11H2,1H3. The zero-order chi connectivity index (χ0) is 17.9. The molecule has 1 unspecified atom stereocenters. The van der Waals surface area contributed by atoms with Gasteiger partial charge >= 0.3 is 0 Å². The second-order valence-corrected chi connectivity index (χ2v) is 8.68.